The highest BCUT2D eigenvalue weighted by Gasteiger charge is 2.37. The first kappa shape index (κ1) is 31.3. The summed E-state index contributed by atoms with van der Waals surface area (Å²) in [6.07, 6.45) is -3.83. The molecule has 4 nitrogen and oxygen atoms in total. The van der Waals surface area contributed by atoms with Gasteiger partial charge >= 0.3 is 12.4 Å². The molecule has 2 aliphatic rings. The van der Waals surface area contributed by atoms with Gasteiger partial charge in [0.05, 0.1) is 11.1 Å². The van der Waals surface area contributed by atoms with Crippen LogP contribution in [0.4, 0.5) is 26.3 Å². The number of hydrogen-bond donors (Lipinski definition) is 0. The molecule has 5 rings (SSSR count). The Morgan fingerprint density at radius 3 is 2.02 bits per heavy atom. The first-order valence-electron chi connectivity index (χ1n) is 14.9. The van der Waals surface area contributed by atoms with E-state index in [0.717, 1.165) is 41.6 Å². The van der Waals surface area contributed by atoms with Gasteiger partial charge in [-0.15, -0.1) is 0 Å². The molecule has 0 bridgehead atoms. The maximum atomic E-state index is 14.0. The van der Waals surface area contributed by atoms with Crippen LogP contribution in [0.2, 0.25) is 0 Å². The summed E-state index contributed by atoms with van der Waals surface area (Å²) in [4.78, 5) is 20.2. The van der Waals surface area contributed by atoms with Crippen LogP contribution in [0.15, 0.2) is 60.7 Å². The first-order chi connectivity index (χ1) is 20.4. The lowest BCUT2D eigenvalue weighted by Crippen LogP contribution is -2.54. The normalized spacial score (nSPS) is 18.6. The topological polar surface area (TPSA) is 26.8 Å². The van der Waals surface area contributed by atoms with Gasteiger partial charge < -0.3 is 4.90 Å². The summed E-state index contributed by atoms with van der Waals surface area (Å²) < 4.78 is 80.3. The van der Waals surface area contributed by atoms with Crippen molar-refractivity contribution < 1.29 is 31.1 Å². The molecule has 232 valence electrons. The van der Waals surface area contributed by atoms with Gasteiger partial charge in [-0.1, -0.05) is 55.7 Å². The van der Waals surface area contributed by atoms with Crippen molar-refractivity contribution in [2.24, 2.45) is 0 Å². The highest BCUT2D eigenvalue weighted by atomic mass is 19.4. The van der Waals surface area contributed by atoms with Crippen LogP contribution in [0.5, 0.6) is 0 Å². The second kappa shape index (κ2) is 12.9. The fourth-order valence-corrected chi connectivity index (χ4v) is 6.47. The third-order valence-corrected chi connectivity index (χ3v) is 8.89. The van der Waals surface area contributed by atoms with E-state index in [9.17, 15) is 31.1 Å². The van der Waals surface area contributed by atoms with Crippen molar-refractivity contribution in [1.82, 2.24) is 14.7 Å². The van der Waals surface area contributed by atoms with Gasteiger partial charge in [-0.05, 0) is 65.4 Å². The number of carbonyl (C=O) groups excluding carboxylic acids is 1. The molecule has 43 heavy (non-hydrogen) atoms. The lowest BCUT2D eigenvalue weighted by molar-refractivity contribution is -0.143. The van der Waals surface area contributed by atoms with E-state index in [1.54, 1.807) is 7.05 Å². The number of nitrogens with zero attached hydrogens (tertiary/aromatic N) is 3. The van der Waals surface area contributed by atoms with Crippen molar-refractivity contribution in [3.05, 3.63) is 82.9 Å². The summed E-state index contributed by atoms with van der Waals surface area (Å²) in [6.45, 7) is 3.04. The zero-order valence-corrected chi connectivity index (χ0v) is 24.2. The van der Waals surface area contributed by atoms with E-state index in [1.807, 2.05) is 42.5 Å². The van der Waals surface area contributed by atoms with E-state index in [1.165, 1.54) is 37.0 Å². The quantitative estimate of drug-likeness (QED) is 0.260. The van der Waals surface area contributed by atoms with Gasteiger partial charge in [0.2, 0.25) is 5.91 Å². The smallest absolute Gasteiger partial charge is 0.344 e. The van der Waals surface area contributed by atoms with Crippen molar-refractivity contribution in [2.45, 2.75) is 63.0 Å². The third-order valence-electron chi connectivity index (χ3n) is 8.89. The molecule has 1 amide bonds. The third kappa shape index (κ3) is 7.52. The Bertz CT molecular complexity index is 1380. The van der Waals surface area contributed by atoms with Gasteiger partial charge in [0.25, 0.3) is 0 Å². The molecule has 0 N–H and O–H groups in total. The predicted octanol–water partition coefficient (Wildman–Crippen LogP) is 7.57. The first-order valence-corrected chi connectivity index (χ1v) is 14.9. The molecule has 0 radical (unpaired) electrons. The number of piperazine rings is 1. The molecule has 1 saturated heterocycles. The van der Waals surface area contributed by atoms with E-state index >= 15 is 0 Å². The van der Waals surface area contributed by atoms with Crippen molar-refractivity contribution in [3.63, 3.8) is 0 Å². The number of hydrogen-bond acceptors (Lipinski definition) is 3. The van der Waals surface area contributed by atoms with Crippen molar-refractivity contribution in [3.8, 4) is 0 Å². The molecule has 1 unspecified atom stereocenters. The molecule has 10 heteroatoms. The van der Waals surface area contributed by atoms with E-state index < -0.39 is 29.5 Å². The molecular formula is C33H37F6N3O. The fraction of sp³-hybridized carbons (Fsp3) is 0.485. The Morgan fingerprint density at radius 2 is 1.42 bits per heavy atom. The molecule has 1 atom stereocenters. The molecule has 0 aromatic heterocycles. The Labute approximate surface area is 248 Å². The molecule has 1 heterocycles. The number of benzene rings is 3. The van der Waals surface area contributed by atoms with E-state index in [0.29, 0.717) is 19.1 Å². The largest absolute Gasteiger partial charge is 0.416 e. The van der Waals surface area contributed by atoms with Crippen LogP contribution in [0.25, 0.3) is 10.8 Å². The van der Waals surface area contributed by atoms with E-state index in [-0.39, 0.29) is 30.5 Å². The van der Waals surface area contributed by atoms with Crippen LogP contribution in [0.1, 0.15) is 60.4 Å². The van der Waals surface area contributed by atoms with Gasteiger partial charge in [0.15, 0.2) is 0 Å². The SMILES string of the molecule is CN(CCc1cc(C(F)(F)F)cc(C(F)(F)F)c1)C(=O)C(c1ccc2ccccc2c1)N1CCN(C2CCCCC2)CC1. The van der Waals surface area contributed by atoms with Gasteiger partial charge in [-0.2, -0.15) is 26.3 Å². The van der Waals surface area contributed by atoms with Gasteiger partial charge in [-0.25, -0.2) is 0 Å². The lowest BCUT2D eigenvalue weighted by atomic mass is 9.93. The summed E-state index contributed by atoms with van der Waals surface area (Å²) in [5.41, 5.74) is -2.00. The number of likely N-dealkylation sites (N-methyl/N-ethyl adjacent to an activating group) is 1. The molecule has 1 aliphatic carbocycles. The Morgan fingerprint density at radius 1 is 0.814 bits per heavy atom. The summed E-state index contributed by atoms with van der Waals surface area (Å²) >= 11 is 0. The van der Waals surface area contributed by atoms with Crippen LogP contribution in [0, 0.1) is 0 Å². The number of carbonyl (C=O) groups is 1. The highest BCUT2D eigenvalue weighted by molar-refractivity contribution is 5.87. The minimum atomic E-state index is -4.92. The Kier molecular flexibility index (Phi) is 9.37. The monoisotopic (exact) mass is 605 g/mol. The standard InChI is InChI=1S/C33H37F6N3O/c1-40(14-13-23-19-27(32(34,35)36)22-28(20-23)33(37,38)39)31(43)30(26-12-11-24-7-5-6-8-25(24)21-26)42-17-15-41(16-18-42)29-9-3-2-4-10-29/h5-8,11-12,19-22,29-30H,2-4,9-10,13-18H2,1H3. The minimum absolute atomic E-state index is 0.0242. The number of rotatable bonds is 7. The Balaban J connectivity index is 1.36. The average molecular weight is 606 g/mol. The van der Waals surface area contributed by atoms with E-state index in [4.69, 9.17) is 0 Å². The van der Waals surface area contributed by atoms with Crippen LogP contribution >= 0.6 is 0 Å². The maximum Gasteiger partial charge on any atom is 0.416 e. The molecule has 0 spiro atoms. The zero-order chi connectivity index (χ0) is 30.8. The lowest BCUT2D eigenvalue weighted by Gasteiger charge is -2.43. The summed E-state index contributed by atoms with van der Waals surface area (Å²) in [5, 5.41) is 2.03. The van der Waals surface area contributed by atoms with Gasteiger partial charge in [0, 0.05) is 45.8 Å². The molecule has 3 aromatic carbocycles. The van der Waals surface area contributed by atoms with Crippen LogP contribution < -0.4 is 0 Å². The molecule has 1 saturated carbocycles. The summed E-state index contributed by atoms with van der Waals surface area (Å²) in [7, 11) is 1.56. The molecule has 1 aliphatic heterocycles. The van der Waals surface area contributed by atoms with Crippen LogP contribution in [-0.4, -0.2) is 66.4 Å². The van der Waals surface area contributed by atoms with Crippen LogP contribution in [0.3, 0.4) is 0 Å². The van der Waals surface area contributed by atoms with Gasteiger partial charge in [-0.3, -0.25) is 14.6 Å². The Hall–Kier alpha value is -3.11. The molecule has 2 fully saturated rings. The van der Waals surface area contributed by atoms with E-state index in [2.05, 4.69) is 9.80 Å². The second-order valence-electron chi connectivity index (χ2n) is 11.8. The van der Waals surface area contributed by atoms with Crippen LogP contribution in [-0.2, 0) is 23.6 Å². The predicted molar refractivity (Wildman–Crippen MR) is 154 cm³/mol. The number of amides is 1. The highest BCUT2D eigenvalue weighted by Crippen LogP contribution is 2.37. The molecule has 3 aromatic rings. The summed E-state index contributed by atoms with van der Waals surface area (Å²) in [6, 6.07) is 15.3. The van der Waals surface area contributed by atoms with Crippen molar-refractivity contribution >= 4 is 16.7 Å². The number of fused-ring (bicyclic) bond motifs is 1. The fourth-order valence-electron chi connectivity index (χ4n) is 6.47. The number of halogens is 6. The average Bonchev–Trinajstić information content (AvgIpc) is 2.99. The van der Waals surface area contributed by atoms with Gasteiger partial charge in [0.1, 0.15) is 6.04 Å². The summed E-state index contributed by atoms with van der Waals surface area (Å²) in [5.74, 6) is -0.232. The zero-order valence-electron chi connectivity index (χ0n) is 24.2. The van der Waals surface area contributed by atoms with Crippen molar-refractivity contribution in [2.75, 3.05) is 39.8 Å². The van der Waals surface area contributed by atoms with Crippen molar-refractivity contribution in [1.29, 1.82) is 0 Å². The maximum absolute atomic E-state index is 14.0. The number of alkyl halides is 6. The second-order valence-corrected chi connectivity index (χ2v) is 11.8. The minimum Gasteiger partial charge on any atom is -0.344 e. The molecular weight excluding hydrogens is 568 g/mol.